The number of amides is 1. The van der Waals surface area contributed by atoms with Gasteiger partial charge >= 0.3 is 0 Å². The number of rotatable bonds is 2. The molecule has 2 aromatic rings. The van der Waals surface area contributed by atoms with E-state index in [1.54, 1.807) is 0 Å². The van der Waals surface area contributed by atoms with Crippen molar-refractivity contribution >= 4 is 23.1 Å². The molecule has 0 spiro atoms. The molecular weight excluding hydrogens is 272 g/mol. The van der Waals surface area contributed by atoms with E-state index in [2.05, 4.69) is 26.6 Å². The minimum atomic E-state index is 0.0604. The molecule has 1 aromatic carbocycles. The van der Waals surface area contributed by atoms with Crippen molar-refractivity contribution < 1.29 is 4.79 Å². The summed E-state index contributed by atoms with van der Waals surface area (Å²) in [4.78, 5) is 17.2. The fourth-order valence-corrected chi connectivity index (χ4v) is 3.00. The van der Waals surface area contributed by atoms with Gasteiger partial charge in [0.2, 0.25) is 0 Å². The Labute approximate surface area is 122 Å². The highest BCUT2D eigenvalue weighted by Crippen LogP contribution is 2.18. The van der Waals surface area contributed by atoms with Crippen molar-refractivity contribution in [2.24, 2.45) is 0 Å². The molecule has 1 aromatic heterocycles. The number of aryl methyl sites for hydroxylation is 1. The van der Waals surface area contributed by atoms with E-state index < -0.39 is 0 Å². The minimum Gasteiger partial charge on any atom is -0.368 e. The van der Waals surface area contributed by atoms with E-state index in [4.69, 9.17) is 0 Å². The smallest absolute Gasteiger partial charge is 0.267 e. The van der Waals surface area contributed by atoms with Crippen LogP contribution in [-0.4, -0.2) is 46.6 Å². The van der Waals surface area contributed by atoms with Crippen molar-refractivity contribution in [3.05, 3.63) is 40.9 Å². The third-order valence-electron chi connectivity index (χ3n) is 3.53. The third kappa shape index (κ3) is 2.51. The maximum atomic E-state index is 12.4. The third-order valence-corrected chi connectivity index (χ3v) is 4.35. The predicted octanol–water partition coefficient (Wildman–Crippen LogP) is 1.81. The van der Waals surface area contributed by atoms with E-state index in [0.29, 0.717) is 4.88 Å². The number of anilines is 1. The van der Waals surface area contributed by atoms with Gasteiger partial charge in [-0.05, 0) is 30.6 Å². The molecule has 1 saturated heterocycles. The topological polar surface area (TPSA) is 49.3 Å². The molecule has 0 atom stereocenters. The second-order valence-corrected chi connectivity index (χ2v) is 5.56. The van der Waals surface area contributed by atoms with Gasteiger partial charge in [0.15, 0.2) is 0 Å². The molecule has 3 rings (SSSR count). The van der Waals surface area contributed by atoms with Gasteiger partial charge in [0.1, 0.15) is 4.88 Å². The van der Waals surface area contributed by atoms with Crippen LogP contribution in [0.2, 0.25) is 0 Å². The van der Waals surface area contributed by atoms with Crippen LogP contribution in [0.25, 0.3) is 0 Å². The van der Waals surface area contributed by atoms with Crippen molar-refractivity contribution in [3.8, 4) is 0 Å². The first-order valence-electron chi connectivity index (χ1n) is 6.64. The molecule has 0 bridgehead atoms. The number of carbonyl (C=O) groups is 1. The zero-order valence-electron chi connectivity index (χ0n) is 11.3. The number of benzene rings is 1. The molecule has 1 fully saturated rings. The van der Waals surface area contributed by atoms with Gasteiger partial charge in [-0.25, -0.2) is 0 Å². The molecule has 0 saturated carbocycles. The van der Waals surface area contributed by atoms with Crippen LogP contribution < -0.4 is 4.90 Å². The Bertz CT molecular complexity index is 590. The molecule has 104 valence electrons. The van der Waals surface area contributed by atoms with Gasteiger partial charge in [-0.2, -0.15) is 0 Å². The maximum absolute atomic E-state index is 12.4. The highest BCUT2D eigenvalue weighted by Gasteiger charge is 2.24. The molecule has 5 nitrogen and oxygen atoms in total. The number of hydrogen-bond acceptors (Lipinski definition) is 5. The summed E-state index contributed by atoms with van der Waals surface area (Å²) in [6.45, 7) is 5.04. The van der Waals surface area contributed by atoms with E-state index in [1.165, 1.54) is 17.2 Å². The average Bonchev–Trinajstić information content (AvgIpc) is 2.94. The molecule has 1 amide bonds. The summed E-state index contributed by atoms with van der Waals surface area (Å²) in [7, 11) is 0. The van der Waals surface area contributed by atoms with Crippen LogP contribution in [0.4, 0.5) is 5.69 Å². The summed E-state index contributed by atoms with van der Waals surface area (Å²) < 4.78 is 3.83. The van der Waals surface area contributed by atoms with Crippen LogP contribution in [-0.2, 0) is 0 Å². The van der Waals surface area contributed by atoms with Gasteiger partial charge in [-0.1, -0.05) is 22.7 Å². The predicted molar refractivity (Wildman–Crippen MR) is 79.2 cm³/mol. The van der Waals surface area contributed by atoms with Crippen molar-refractivity contribution in [2.75, 3.05) is 31.1 Å². The zero-order chi connectivity index (χ0) is 13.9. The minimum absolute atomic E-state index is 0.0604. The van der Waals surface area contributed by atoms with E-state index in [0.717, 1.165) is 31.9 Å². The lowest BCUT2D eigenvalue weighted by Gasteiger charge is -2.35. The molecule has 2 heterocycles. The van der Waals surface area contributed by atoms with Crippen LogP contribution in [0.1, 0.15) is 15.4 Å². The summed E-state index contributed by atoms with van der Waals surface area (Å²) in [5.74, 6) is 0.0604. The Balaban J connectivity index is 1.64. The van der Waals surface area contributed by atoms with Gasteiger partial charge in [0.05, 0.1) is 5.69 Å². The monoisotopic (exact) mass is 288 g/mol. The Morgan fingerprint density at radius 3 is 2.45 bits per heavy atom. The quantitative estimate of drug-likeness (QED) is 0.845. The highest BCUT2D eigenvalue weighted by atomic mass is 32.1. The van der Waals surface area contributed by atoms with Crippen LogP contribution in [0, 0.1) is 6.92 Å². The molecule has 0 radical (unpaired) electrons. The van der Waals surface area contributed by atoms with E-state index in [-0.39, 0.29) is 5.91 Å². The lowest BCUT2D eigenvalue weighted by Crippen LogP contribution is -2.48. The largest absolute Gasteiger partial charge is 0.368 e. The van der Waals surface area contributed by atoms with E-state index >= 15 is 0 Å². The maximum Gasteiger partial charge on any atom is 0.267 e. The zero-order valence-corrected chi connectivity index (χ0v) is 12.1. The van der Waals surface area contributed by atoms with Gasteiger partial charge in [0.25, 0.3) is 5.91 Å². The molecule has 0 unspecified atom stereocenters. The molecule has 1 aliphatic rings. The number of piperazine rings is 1. The number of para-hydroxylation sites is 1. The Hall–Kier alpha value is -1.95. The molecule has 0 aliphatic carbocycles. The summed E-state index contributed by atoms with van der Waals surface area (Å²) in [5, 5.41) is 3.91. The fraction of sp³-hybridized carbons (Fsp3) is 0.357. The van der Waals surface area contributed by atoms with E-state index in [1.807, 2.05) is 30.0 Å². The Morgan fingerprint density at radius 2 is 1.85 bits per heavy atom. The van der Waals surface area contributed by atoms with Crippen LogP contribution in [0.3, 0.4) is 0 Å². The summed E-state index contributed by atoms with van der Waals surface area (Å²) in [6, 6.07) is 10.3. The summed E-state index contributed by atoms with van der Waals surface area (Å²) in [5.41, 5.74) is 1.95. The molecular formula is C14H16N4OS. The molecule has 1 aliphatic heterocycles. The first-order valence-corrected chi connectivity index (χ1v) is 7.41. The van der Waals surface area contributed by atoms with Gasteiger partial charge in [-0.3, -0.25) is 4.79 Å². The summed E-state index contributed by atoms with van der Waals surface area (Å²) in [6.07, 6.45) is 0. The van der Waals surface area contributed by atoms with Crippen LogP contribution in [0.15, 0.2) is 30.3 Å². The second-order valence-electron chi connectivity index (χ2n) is 4.80. The molecule has 20 heavy (non-hydrogen) atoms. The number of aromatic nitrogens is 2. The highest BCUT2D eigenvalue weighted by molar-refractivity contribution is 7.07. The number of hydrogen-bond donors (Lipinski definition) is 0. The van der Waals surface area contributed by atoms with Crippen molar-refractivity contribution in [3.63, 3.8) is 0 Å². The Kier molecular flexibility index (Phi) is 3.64. The van der Waals surface area contributed by atoms with E-state index in [9.17, 15) is 4.79 Å². The Morgan fingerprint density at radius 1 is 1.15 bits per heavy atom. The summed E-state index contributed by atoms with van der Waals surface area (Å²) >= 11 is 1.18. The fourth-order valence-electron chi connectivity index (χ4n) is 2.38. The van der Waals surface area contributed by atoms with Crippen molar-refractivity contribution in [1.82, 2.24) is 14.5 Å². The lowest BCUT2D eigenvalue weighted by molar-refractivity contribution is 0.0750. The van der Waals surface area contributed by atoms with Gasteiger partial charge in [0, 0.05) is 31.9 Å². The van der Waals surface area contributed by atoms with Crippen LogP contribution in [0.5, 0.6) is 0 Å². The first-order chi connectivity index (χ1) is 9.75. The standard InChI is InChI=1S/C14H16N4OS/c1-11-13(20-16-15-11)14(19)18-9-7-17(8-10-18)12-5-3-2-4-6-12/h2-6H,7-10H2,1H3. The normalized spacial score (nSPS) is 15.4. The molecule has 0 N–H and O–H groups in total. The van der Waals surface area contributed by atoms with Crippen molar-refractivity contribution in [1.29, 1.82) is 0 Å². The second kappa shape index (κ2) is 5.58. The molecule has 6 heteroatoms. The van der Waals surface area contributed by atoms with Gasteiger partial charge < -0.3 is 9.80 Å². The van der Waals surface area contributed by atoms with Crippen molar-refractivity contribution in [2.45, 2.75) is 6.92 Å². The number of nitrogens with zero attached hydrogens (tertiary/aromatic N) is 4. The van der Waals surface area contributed by atoms with Gasteiger partial charge in [-0.15, -0.1) is 5.10 Å². The first kappa shape index (κ1) is 13.1. The lowest BCUT2D eigenvalue weighted by atomic mass is 10.2. The van der Waals surface area contributed by atoms with Crippen LogP contribution >= 0.6 is 11.5 Å². The average molecular weight is 288 g/mol. The number of carbonyl (C=O) groups excluding carboxylic acids is 1. The SMILES string of the molecule is Cc1nnsc1C(=O)N1CCN(c2ccccc2)CC1.